The van der Waals surface area contributed by atoms with E-state index in [4.69, 9.17) is 5.73 Å². The number of nitrogens with two attached hydrogens (primary N) is 1. The number of nitrogens with zero attached hydrogens (tertiary/aromatic N) is 2. The number of hydrogen-bond acceptors (Lipinski definition) is 3. The van der Waals surface area contributed by atoms with E-state index in [9.17, 15) is 4.79 Å². The van der Waals surface area contributed by atoms with Gasteiger partial charge in [-0.25, -0.2) is 4.99 Å². The molecule has 0 aromatic heterocycles. The fraction of sp³-hybridized carbons (Fsp3) is 0.222. The van der Waals surface area contributed by atoms with Crippen LogP contribution in [-0.4, -0.2) is 23.8 Å². The molecule has 1 atom stereocenters. The summed E-state index contributed by atoms with van der Waals surface area (Å²) in [6.07, 6.45) is 1.37. The van der Waals surface area contributed by atoms with Gasteiger partial charge in [0.15, 0.2) is 11.5 Å². The second-order valence-corrected chi connectivity index (χ2v) is 5.55. The number of hydrogen-bond donors (Lipinski definition) is 1. The Kier molecular flexibility index (Phi) is 3.67. The van der Waals surface area contributed by atoms with E-state index in [1.54, 1.807) is 7.05 Å². The van der Waals surface area contributed by atoms with Crippen LogP contribution in [0.25, 0.3) is 0 Å². The zero-order valence-corrected chi connectivity index (χ0v) is 12.6. The van der Waals surface area contributed by atoms with Gasteiger partial charge in [-0.05, 0) is 24.0 Å². The minimum atomic E-state index is -0.907. The summed E-state index contributed by atoms with van der Waals surface area (Å²) in [6.45, 7) is 0. The number of carbonyl (C=O) groups is 1. The first-order chi connectivity index (χ1) is 10.6. The van der Waals surface area contributed by atoms with E-state index in [1.807, 2.05) is 48.5 Å². The maximum absolute atomic E-state index is 12.8. The van der Waals surface area contributed by atoms with Crippen LogP contribution in [0.3, 0.4) is 0 Å². The molecular weight excluding hydrogens is 274 g/mol. The Morgan fingerprint density at radius 1 is 1.05 bits per heavy atom. The Labute approximate surface area is 130 Å². The minimum absolute atomic E-state index is 0.0628. The summed E-state index contributed by atoms with van der Waals surface area (Å²) in [5, 5.41) is 0. The lowest BCUT2D eigenvalue weighted by atomic mass is 9.84. The van der Waals surface area contributed by atoms with Crippen molar-refractivity contribution in [3.05, 3.63) is 71.8 Å². The third-order valence-corrected chi connectivity index (χ3v) is 4.18. The van der Waals surface area contributed by atoms with Crippen molar-refractivity contribution < 1.29 is 4.79 Å². The van der Waals surface area contributed by atoms with Gasteiger partial charge in [-0.3, -0.25) is 9.69 Å². The van der Waals surface area contributed by atoms with Gasteiger partial charge >= 0.3 is 0 Å². The molecule has 1 unspecified atom stereocenters. The standard InChI is InChI=1S/C18H19N3O/c1-21-16(22)18(20-17(21)19,15-10-6-3-7-11-15)13-12-14-8-4-2-5-9-14/h2-11H,12-13H2,1H3,(H2,19,20). The number of benzene rings is 2. The Bertz CT molecular complexity index is 697. The van der Waals surface area contributed by atoms with Crippen molar-refractivity contribution in [1.29, 1.82) is 0 Å². The smallest absolute Gasteiger partial charge is 0.261 e. The van der Waals surface area contributed by atoms with E-state index in [1.165, 1.54) is 10.5 Å². The number of guanidine groups is 1. The molecular formula is C18H19N3O. The largest absolute Gasteiger partial charge is 0.369 e. The van der Waals surface area contributed by atoms with Gasteiger partial charge in [0.2, 0.25) is 0 Å². The molecule has 3 rings (SSSR count). The summed E-state index contributed by atoms with van der Waals surface area (Å²) < 4.78 is 0. The summed E-state index contributed by atoms with van der Waals surface area (Å²) in [7, 11) is 1.67. The zero-order valence-electron chi connectivity index (χ0n) is 12.6. The molecule has 112 valence electrons. The molecule has 1 aliphatic heterocycles. The second-order valence-electron chi connectivity index (χ2n) is 5.55. The summed E-state index contributed by atoms with van der Waals surface area (Å²) in [5.41, 5.74) is 7.08. The van der Waals surface area contributed by atoms with Crippen LogP contribution in [0.4, 0.5) is 0 Å². The van der Waals surface area contributed by atoms with Crippen LogP contribution in [0.15, 0.2) is 65.7 Å². The van der Waals surface area contributed by atoms with Gasteiger partial charge in [-0.2, -0.15) is 0 Å². The minimum Gasteiger partial charge on any atom is -0.369 e. The Morgan fingerprint density at radius 3 is 2.18 bits per heavy atom. The van der Waals surface area contributed by atoms with Crippen molar-refractivity contribution in [2.45, 2.75) is 18.4 Å². The van der Waals surface area contributed by atoms with E-state index >= 15 is 0 Å². The molecule has 1 aliphatic rings. The van der Waals surface area contributed by atoms with E-state index in [2.05, 4.69) is 17.1 Å². The molecule has 2 aromatic rings. The van der Waals surface area contributed by atoms with Crippen LogP contribution in [0.2, 0.25) is 0 Å². The van der Waals surface area contributed by atoms with Crippen molar-refractivity contribution in [2.24, 2.45) is 10.7 Å². The average molecular weight is 293 g/mol. The molecule has 0 bridgehead atoms. The van der Waals surface area contributed by atoms with E-state index < -0.39 is 5.54 Å². The maximum atomic E-state index is 12.8. The topological polar surface area (TPSA) is 58.7 Å². The molecule has 4 heteroatoms. The van der Waals surface area contributed by atoms with Crippen molar-refractivity contribution >= 4 is 11.9 Å². The first kappa shape index (κ1) is 14.3. The second kappa shape index (κ2) is 5.64. The van der Waals surface area contributed by atoms with Crippen molar-refractivity contribution in [1.82, 2.24) is 4.90 Å². The molecule has 0 aliphatic carbocycles. The van der Waals surface area contributed by atoms with Crippen LogP contribution in [0.1, 0.15) is 17.5 Å². The predicted molar refractivity (Wildman–Crippen MR) is 87.3 cm³/mol. The number of amides is 1. The van der Waals surface area contributed by atoms with Gasteiger partial charge in [-0.15, -0.1) is 0 Å². The lowest BCUT2D eigenvalue weighted by molar-refractivity contribution is -0.130. The quantitative estimate of drug-likeness (QED) is 0.940. The van der Waals surface area contributed by atoms with Crippen LogP contribution in [0, 0.1) is 0 Å². The molecule has 0 spiro atoms. The molecule has 0 saturated carbocycles. The third-order valence-electron chi connectivity index (χ3n) is 4.18. The fourth-order valence-electron chi connectivity index (χ4n) is 2.88. The van der Waals surface area contributed by atoms with Crippen molar-refractivity contribution in [3.63, 3.8) is 0 Å². The molecule has 1 amide bonds. The summed E-state index contributed by atoms with van der Waals surface area (Å²) in [5.74, 6) is 0.217. The summed E-state index contributed by atoms with van der Waals surface area (Å²) in [4.78, 5) is 18.8. The van der Waals surface area contributed by atoms with Gasteiger partial charge in [0.25, 0.3) is 5.91 Å². The third kappa shape index (κ3) is 2.37. The number of rotatable bonds is 4. The number of likely N-dealkylation sites (N-methyl/N-ethyl adjacent to an activating group) is 1. The highest BCUT2D eigenvalue weighted by Crippen LogP contribution is 2.36. The summed E-state index contributed by atoms with van der Waals surface area (Å²) in [6, 6.07) is 19.8. The Hall–Kier alpha value is -2.62. The van der Waals surface area contributed by atoms with E-state index in [-0.39, 0.29) is 11.9 Å². The van der Waals surface area contributed by atoms with Crippen LogP contribution in [0.5, 0.6) is 0 Å². The van der Waals surface area contributed by atoms with Gasteiger partial charge in [0.1, 0.15) is 0 Å². The van der Waals surface area contributed by atoms with Crippen LogP contribution < -0.4 is 5.73 Å². The normalized spacial score (nSPS) is 21.0. The lowest BCUT2D eigenvalue weighted by Gasteiger charge is -2.25. The molecule has 0 radical (unpaired) electrons. The number of aryl methyl sites for hydroxylation is 1. The molecule has 0 fully saturated rings. The highest BCUT2D eigenvalue weighted by Gasteiger charge is 2.47. The van der Waals surface area contributed by atoms with Gasteiger partial charge < -0.3 is 5.73 Å². The lowest BCUT2D eigenvalue weighted by Crippen LogP contribution is -2.40. The first-order valence-electron chi connectivity index (χ1n) is 7.36. The highest BCUT2D eigenvalue weighted by molar-refractivity contribution is 6.06. The van der Waals surface area contributed by atoms with E-state index in [0.717, 1.165) is 12.0 Å². The number of carbonyl (C=O) groups excluding carboxylic acids is 1. The van der Waals surface area contributed by atoms with E-state index in [0.29, 0.717) is 6.42 Å². The van der Waals surface area contributed by atoms with Crippen LogP contribution >= 0.6 is 0 Å². The molecule has 4 nitrogen and oxygen atoms in total. The average Bonchev–Trinajstić information content (AvgIpc) is 2.80. The predicted octanol–water partition coefficient (Wildman–Crippen LogP) is 2.30. The molecule has 2 N–H and O–H groups in total. The molecule has 22 heavy (non-hydrogen) atoms. The summed E-state index contributed by atoms with van der Waals surface area (Å²) >= 11 is 0. The Balaban J connectivity index is 1.96. The van der Waals surface area contributed by atoms with Gasteiger partial charge in [-0.1, -0.05) is 60.7 Å². The monoisotopic (exact) mass is 293 g/mol. The van der Waals surface area contributed by atoms with Crippen molar-refractivity contribution in [3.8, 4) is 0 Å². The zero-order chi connectivity index (χ0) is 15.6. The van der Waals surface area contributed by atoms with Crippen LogP contribution in [-0.2, 0) is 16.8 Å². The maximum Gasteiger partial charge on any atom is 0.261 e. The highest BCUT2D eigenvalue weighted by atomic mass is 16.2. The van der Waals surface area contributed by atoms with Crippen molar-refractivity contribution in [2.75, 3.05) is 7.05 Å². The molecule has 1 heterocycles. The van der Waals surface area contributed by atoms with Gasteiger partial charge in [0.05, 0.1) is 0 Å². The first-order valence-corrected chi connectivity index (χ1v) is 7.36. The fourth-order valence-corrected chi connectivity index (χ4v) is 2.88. The number of aliphatic imine (C=N–C) groups is 1. The molecule has 0 saturated heterocycles. The Morgan fingerprint density at radius 2 is 1.64 bits per heavy atom. The SMILES string of the molecule is CN1C(=O)C(CCc2ccccc2)(c2ccccc2)N=C1N. The molecule has 2 aromatic carbocycles. The van der Waals surface area contributed by atoms with Gasteiger partial charge in [0, 0.05) is 7.05 Å².